The van der Waals surface area contributed by atoms with E-state index in [4.69, 9.17) is 0 Å². The van der Waals surface area contributed by atoms with Gasteiger partial charge in [0.05, 0.1) is 9.35 Å². The molecule has 0 bridgehead atoms. The zero-order chi connectivity index (χ0) is 15.9. The topological polar surface area (TPSA) is 32.3 Å². The monoisotopic (exact) mass is 390 g/mol. The molecule has 3 nitrogen and oxygen atoms in total. The van der Waals surface area contributed by atoms with Crippen molar-refractivity contribution < 1.29 is 18.0 Å². The van der Waals surface area contributed by atoms with Gasteiger partial charge in [0.25, 0.3) is 5.91 Å². The lowest BCUT2D eigenvalue weighted by Gasteiger charge is -2.37. The molecule has 0 radical (unpaired) electrons. The fraction of sp³-hybridized carbons (Fsp3) is 0.214. The third kappa shape index (κ3) is 2.98. The maximum atomic E-state index is 12.9. The van der Waals surface area contributed by atoms with Crippen LogP contribution in [0.3, 0.4) is 0 Å². The molecule has 1 atom stereocenters. The van der Waals surface area contributed by atoms with E-state index in [1.54, 1.807) is 30.3 Å². The Hall–Kier alpha value is -1.54. The van der Waals surface area contributed by atoms with E-state index in [0.29, 0.717) is 10.6 Å². The summed E-state index contributed by atoms with van der Waals surface area (Å²) in [4.78, 5) is 13.9. The summed E-state index contributed by atoms with van der Waals surface area (Å²) in [6, 6.07) is 10.0. The molecule has 8 heteroatoms. The summed E-state index contributed by atoms with van der Waals surface area (Å²) in [5.41, 5.74) is 0.791. The summed E-state index contributed by atoms with van der Waals surface area (Å²) in [6.45, 7) is -1.30. The predicted octanol–water partition coefficient (Wildman–Crippen LogP) is 4.64. The number of carbonyl (C=O) groups excluding carboxylic acids is 1. The molecular formula is C14H10BrF3N2OS. The highest BCUT2D eigenvalue weighted by atomic mass is 79.9. The molecular weight excluding hydrogens is 381 g/mol. The average Bonchev–Trinajstić information content (AvgIpc) is 2.87. The van der Waals surface area contributed by atoms with E-state index in [2.05, 4.69) is 21.2 Å². The third-order valence-electron chi connectivity index (χ3n) is 3.24. The zero-order valence-electron chi connectivity index (χ0n) is 11.0. The first-order valence-corrected chi connectivity index (χ1v) is 7.94. The second-order valence-electron chi connectivity index (χ2n) is 4.78. The van der Waals surface area contributed by atoms with E-state index in [0.717, 1.165) is 8.69 Å². The minimum atomic E-state index is -4.46. The Labute approximate surface area is 136 Å². The smallest absolute Gasteiger partial charge is 0.360 e. The zero-order valence-corrected chi connectivity index (χ0v) is 13.4. The number of hydrogen-bond donors (Lipinski definition) is 1. The molecule has 1 aliphatic heterocycles. The van der Waals surface area contributed by atoms with Gasteiger partial charge in [-0.25, -0.2) is 0 Å². The molecule has 116 valence electrons. The minimum Gasteiger partial charge on any atom is -0.360 e. The average molecular weight is 391 g/mol. The molecule has 0 aliphatic carbocycles. The van der Waals surface area contributed by atoms with Crippen molar-refractivity contribution in [3.8, 4) is 0 Å². The number of hydrogen-bond acceptors (Lipinski definition) is 3. The molecule has 1 amide bonds. The Kier molecular flexibility index (Phi) is 3.90. The number of benzene rings is 1. The first-order valence-electron chi connectivity index (χ1n) is 6.34. The Bertz CT molecular complexity index is 716. The number of nitrogens with one attached hydrogen (secondary N) is 1. The van der Waals surface area contributed by atoms with Crippen LogP contribution in [0.4, 0.5) is 18.9 Å². The number of halogens is 4. The number of para-hydroxylation sites is 1. The van der Waals surface area contributed by atoms with Crippen molar-refractivity contribution >= 4 is 38.9 Å². The number of amides is 1. The van der Waals surface area contributed by atoms with Crippen LogP contribution in [-0.4, -0.2) is 23.5 Å². The number of anilines is 1. The van der Waals surface area contributed by atoms with Gasteiger partial charge in [-0.2, -0.15) is 13.2 Å². The fourth-order valence-corrected chi connectivity index (χ4v) is 3.84. The van der Waals surface area contributed by atoms with Crippen LogP contribution < -0.4 is 5.32 Å². The van der Waals surface area contributed by atoms with Gasteiger partial charge in [0.15, 0.2) is 0 Å². The van der Waals surface area contributed by atoms with E-state index in [9.17, 15) is 18.0 Å². The summed E-state index contributed by atoms with van der Waals surface area (Å²) < 4.78 is 39.4. The van der Waals surface area contributed by atoms with Crippen LogP contribution in [-0.2, 0) is 0 Å². The van der Waals surface area contributed by atoms with Gasteiger partial charge in [-0.05, 0) is 40.2 Å². The van der Waals surface area contributed by atoms with Crippen LogP contribution in [0.1, 0.15) is 21.4 Å². The summed E-state index contributed by atoms with van der Waals surface area (Å²) in [6.07, 6.45) is -5.29. The molecule has 0 saturated carbocycles. The van der Waals surface area contributed by atoms with Gasteiger partial charge in [-0.3, -0.25) is 4.79 Å². The lowest BCUT2D eigenvalue weighted by atomic mass is 10.1. The van der Waals surface area contributed by atoms with Crippen LogP contribution in [0.15, 0.2) is 40.2 Å². The summed E-state index contributed by atoms with van der Waals surface area (Å²) in [5.74, 6) is -0.624. The van der Waals surface area contributed by atoms with Gasteiger partial charge in [0, 0.05) is 10.6 Å². The second-order valence-corrected chi connectivity index (χ2v) is 7.28. The van der Waals surface area contributed by atoms with Gasteiger partial charge >= 0.3 is 6.18 Å². The molecule has 0 spiro atoms. The van der Waals surface area contributed by atoms with Crippen LogP contribution in [0.2, 0.25) is 0 Å². The van der Waals surface area contributed by atoms with Crippen molar-refractivity contribution in [2.75, 3.05) is 11.9 Å². The van der Waals surface area contributed by atoms with Gasteiger partial charge in [0.1, 0.15) is 12.7 Å². The highest BCUT2D eigenvalue weighted by molar-refractivity contribution is 9.11. The Balaban J connectivity index is 2.04. The maximum absolute atomic E-state index is 12.9. The van der Waals surface area contributed by atoms with E-state index < -0.39 is 24.8 Å². The van der Waals surface area contributed by atoms with Gasteiger partial charge < -0.3 is 10.2 Å². The molecule has 0 saturated heterocycles. The Morgan fingerprint density at radius 1 is 1.23 bits per heavy atom. The number of rotatable bonds is 2. The van der Waals surface area contributed by atoms with Gasteiger partial charge in [-0.15, -0.1) is 11.3 Å². The number of fused-ring (bicyclic) bond motifs is 1. The third-order valence-corrected chi connectivity index (χ3v) is 4.91. The van der Waals surface area contributed by atoms with Crippen molar-refractivity contribution in [2.24, 2.45) is 0 Å². The summed E-state index contributed by atoms with van der Waals surface area (Å²) in [7, 11) is 0. The molecule has 1 aliphatic rings. The number of alkyl halides is 3. The molecule has 1 aromatic carbocycles. The van der Waals surface area contributed by atoms with Crippen LogP contribution >= 0.6 is 27.3 Å². The fourth-order valence-electron chi connectivity index (χ4n) is 2.35. The number of nitrogens with zero attached hydrogens (tertiary/aromatic N) is 1. The van der Waals surface area contributed by atoms with Crippen LogP contribution in [0.25, 0.3) is 0 Å². The molecule has 0 fully saturated rings. The Morgan fingerprint density at radius 3 is 2.59 bits per heavy atom. The first-order chi connectivity index (χ1) is 10.3. The molecule has 1 N–H and O–H groups in total. The van der Waals surface area contributed by atoms with E-state index >= 15 is 0 Å². The summed E-state index contributed by atoms with van der Waals surface area (Å²) in [5, 5.41) is 3.02. The normalized spacial score (nSPS) is 18.1. The minimum absolute atomic E-state index is 0.249. The highest BCUT2D eigenvalue weighted by Crippen LogP contribution is 2.38. The molecule has 2 aromatic rings. The molecule has 22 heavy (non-hydrogen) atoms. The summed E-state index contributed by atoms with van der Waals surface area (Å²) >= 11 is 4.59. The van der Waals surface area contributed by atoms with Crippen molar-refractivity contribution in [2.45, 2.75) is 12.3 Å². The van der Waals surface area contributed by atoms with Crippen LogP contribution in [0, 0.1) is 0 Å². The predicted molar refractivity (Wildman–Crippen MR) is 81.9 cm³/mol. The lowest BCUT2D eigenvalue weighted by Crippen LogP contribution is -2.47. The van der Waals surface area contributed by atoms with Gasteiger partial charge in [-0.1, -0.05) is 12.1 Å². The molecule has 3 rings (SSSR count). The number of thiophene rings is 1. The molecule has 0 unspecified atom stereocenters. The van der Waals surface area contributed by atoms with E-state index in [-0.39, 0.29) is 5.56 Å². The van der Waals surface area contributed by atoms with Crippen LogP contribution in [0.5, 0.6) is 0 Å². The quantitative estimate of drug-likeness (QED) is 0.809. The second kappa shape index (κ2) is 5.58. The largest absolute Gasteiger partial charge is 0.406 e. The van der Waals surface area contributed by atoms with Crippen molar-refractivity contribution in [3.63, 3.8) is 0 Å². The maximum Gasteiger partial charge on any atom is 0.406 e. The van der Waals surface area contributed by atoms with Crippen molar-refractivity contribution in [1.82, 2.24) is 4.90 Å². The van der Waals surface area contributed by atoms with Crippen molar-refractivity contribution in [3.05, 3.63) is 50.6 Å². The lowest BCUT2D eigenvalue weighted by molar-refractivity contribution is -0.144. The van der Waals surface area contributed by atoms with Gasteiger partial charge in [0.2, 0.25) is 0 Å². The van der Waals surface area contributed by atoms with Crippen molar-refractivity contribution in [1.29, 1.82) is 0 Å². The molecule has 1 aromatic heterocycles. The SMILES string of the molecule is O=C1c2ccccc2N[C@@H](c2ccc(Br)s2)N1CC(F)(F)F. The standard InChI is InChI=1S/C14H10BrF3N2OS/c15-11-6-5-10(22-11)12-19-9-4-2-1-3-8(9)13(21)20(12)7-14(16,17)18/h1-6,12,19H,7H2/t12-/m1/s1. The number of carbonyl (C=O) groups is 1. The first kappa shape index (κ1) is 15.4. The van der Waals surface area contributed by atoms with E-state index in [1.165, 1.54) is 17.4 Å². The highest BCUT2D eigenvalue weighted by Gasteiger charge is 2.41. The Morgan fingerprint density at radius 2 is 1.95 bits per heavy atom. The molecule has 2 heterocycles. The van der Waals surface area contributed by atoms with E-state index in [1.807, 2.05) is 0 Å².